The van der Waals surface area contributed by atoms with Crippen molar-refractivity contribution in [3.8, 4) is 0 Å². The first-order valence-corrected chi connectivity index (χ1v) is 10.0. The van der Waals surface area contributed by atoms with E-state index >= 15 is 0 Å². The van der Waals surface area contributed by atoms with E-state index in [2.05, 4.69) is 17.5 Å². The molecule has 30 heavy (non-hydrogen) atoms. The summed E-state index contributed by atoms with van der Waals surface area (Å²) in [4.78, 5) is 51.1. The maximum atomic E-state index is 12.9. The zero-order valence-electron chi connectivity index (χ0n) is 16.4. The van der Waals surface area contributed by atoms with Crippen LogP contribution < -0.4 is 10.2 Å². The van der Waals surface area contributed by atoms with Gasteiger partial charge in [-0.15, -0.1) is 0 Å². The number of allylic oxidation sites excluding steroid dienone is 2. The zero-order chi connectivity index (χ0) is 21.0. The number of anilines is 2. The molecular weight excluding hydrogens is 380 g/mol. The second kappa shape index (κ2) is 6.76. The van der Waals surface area contributed by atoms with Gasteiger partial charge in [0.05, 0.1) is 17.5 Å². The number of nitrogens with one attached hydrogen (secondary N) is 1. The van der Waals surface area contributed by atoms with E-state index in [1.54, 1.807) is 48.5 Å². The quantitative estimate of drug-likeness (QED) is 0.484. The van der Waals surface area contributed by atoms with Crippen LogP contribution in [0.5, 0.6) is 0 Å². The Balaban J connectivity index is 1.33. The van der Waals surface area contributed by atoms with Crippen molar-refractivity contribution in [2.75, 3.05) is 10.2 Å². The maximum absolute atomic E-state index is 12.9. The van der Waals surface area contributed by atoms with Crippen molar-refractivity contribution < 1.29 is 19.2 Å². The van der Waals surface area contributed by atoms with Crippen LogP contribution in [0, 0.1) is 23.7 Å². The molecule has 2 bridgehead atoms. The molecule has 1 heterocycles. The first-order chi connectivity index (χ1) is 14.4. The number of nitrogens with zero attached hydrogens (tertiary/aromatic N) is 1. The Hall–Kier alpha value is -3.54. The van der Waals surface area contributed by atoms with E-state index in [9.17, 15) is 19.2 Å². The Labute approximate surface area is 173 Å². The summed E-state index contributed by atoms with van der Waals surface area (Å²) >= 11 is 0. The molecule has 6 nitrogen and oxygen atoms in total. The van der Waals surface area contributed by atoms with Gasteiger partial charge in [-0.3, -0.25) is 24.1 Å². The molecular formula is C24H20N2O4. The molecule has 2 fully saturated rings. The Morgan fingerprint density at radius 3 is 2.13 bits per heavy atom. The smallest absolute Gasteiger partial charge is 0.255 e. The lowest BCUT2D eigenvalue weighted by atomic mass is 9.85. The summed E-state index contributed by atoms with van der Waals surface area (Å²) in [6.07, 6.45) is 5.02. The van der Waals surface area contributed by atoms with Gasteiger partial charge in [-0.2, -0.15) is 0 Å². The van der Waals surface area contributed by atoms with Crippen LogP contribution in [0.2, 0.25) is 0 Å². The predicted molar refractivity (Wildman–Crippen MR) is 111 cm³/mol. The summed E-state index contributed by atoms with van der Waals surface area (Å²) < 4.78 is 0. The van der Waals surface area contributed by atoms with Gasteiger partial charge in [0.2, 0.25) is 11.8 Å². The minimum Gasteiger partial charge on any atom is -0.322 e. The number of ketones is 1. The van der Waals surface area contributed by atoms with Gasteiger partial charge in [0.25, 0.3) is 5.91 Å². The lowest BCUT2D eigenvalue weighted by molar-refractivity contribution is -0.123. The van der Waals surface area contributed by atoms with Crippen LogP contribution in [0.1, 0.15) is 34.1 Å². The average molecular weight is 400 g/mol. The highest BCUT2D eigenvalue weighted by atomic mass is 16.2. The SMILES string of the molecule is CC(=O)c1cccc(NC(=O)c2ccc(N3C(=O)[C@@H]4[C@@H](C3=O)[C@H]3C=C[C@H]4C3)cc2)c1. The molecule has 0 radical (unpaired) electrons. The van der Waals surface area contributed by atoms with Gasteiger partial charge >= 0.3 is 0 Å². The third kappa shape index (κ3) is 2.79. The van der Waals surface area contributed by atoms with Gasteiger partial charge in [-0.05, 0) is 61.6 Å². The van der Waals surface area contributed by atoms with Crippen molar-refractivity contribution in [1.29, 1.82) is 0 Å². The van der Waals surface area contributed by atoms with Crippen LogP contribution in [-0.2, 0) is 9.59 Å². The fourth-order valence-corrected chi connectivity index (χ4v) is 4.94. The molecule has 0 unspecified atom stereocenters. The van der Waals surface area contributed by atoms with E-state index in [0.29, 0.717) is 22.5 Å². The first kappa shape index (κ1) is 18.5. The van der Waals surface area contributed by atoms with E-state index < -0.39 is 0 Å². The number of hydrogen-bond acceptors (Lipinski definition) is 4. The van der Waals surface area contributed by atoms with Crippen LogP contribution in [0.15, 0.2) is 60.7 Å². The molecule has 1 aliphatic heterocycles. The van der Waals surface area contributed by atoms with Crippen LogP contribution in [-0.4, -0.2) is 23.5 Å². The number of benzene rings is 2. The summed E-state index contributed by atoms with van der Waals surface area (Å²) in [6, 6.07) is 13.2. The topological polar surface area (TPSA) is 83.6 Å². The largest absolute Gasteiger partial charge is 0.322 e. The molecule has 5 rings (SSSR count). The Bertz CT molecular complexity index is 1090. The maximum Gasteiger partial charge on any atom is 0.255 e. The normalized spacial score (nSPS) is 26.2. The lowest BCUT2D eigenvalue weighted by Crippen LogP contribution is -2.32. The fraction of sp³-hybridized carbons (Fsp3) is 0.250. The second-order valence-electron chi connectivity index (χ2n) is 8.15. The number of hydrogen-bond donors (Lipinski definition) is 1. The summed E-state index contributed by atoms with van der Waals surface area (Å²) in [5.74, 6) is -0.855. The van der Waals surface area contributed by atoms with Crippen molar-refractivity contribution in [3.05, 3.63) is 71.8 Å². The number of carbonyl (C=O) groups excluding carboxylic acids is 4. The minimum atomic E-state index is -0.333. The van der Waals surface area contributed by atoms with Crippen LogP contribution >= 0.6 is 0 Å². The third-order valence-electron chi connectivity index (χ3n) is 6.39. The first-order valence-electron chi connectivity index (χ1n) is 10.0. The van der Waals surface area contributed by atoms with E-state index in [0.717, 1.165) is 6.42 Å². The predicted octanol–water partition coefficient (Wildman–Crippen LogP) is 3.45. The molecule has 3 aliphatic rings. The Morgan fingerprint density at radius 1 is 0.900 bits per heavy atom. The summed E-state index contributed by atoms with van der Waals surface area (Å²) in [5, 5.41) is 2.77. The summed E-state index contributed by atoms with van der Waals surface area (Å²) in [6.45, 7) is 1.47. The number of carbonyl (C=O) groups is 4. The molecule has 3 amide bonds. The lowest BCUT2D eigenvalue weighted by Gasteiger charge is -2.17. The third-order valence-corrected chi connectivity index (χ3v) is 6.39. The summed E-state index contributed by atoms with van der Waals surface area (Å²) in [5.41, 5.74) is 1.93. The Morgan fingerprint density at radius 2 is 1.53 bits per heavy atom. The van der Waals surface area contributed by atoms with E-state index in [1.807, 2.05) is 0 Å². The van der Waals surface area contributed by atoms with Gasteiger partial charge in [-0.1, -0.05) is 24.3 Å². The Kier molecular flexibility index (Phi) is 4.17. The molecule has 2 aromatic carbocycles. The monoisotopic (exact) mass is 400 g/mol. The molecule has 2 aromatic rings. The zero-order valence-corrected chi connectivity index (χ0v) is 16.4. The van der Waals surface area contributed by atoms with Crippen molar-refractivity contribution in [2.45, 2.75) is 13.3 Å². The molecule has 1 saturated heterocycles. The van der Waals surface area contributed by atoms with Gasteiger partial charge in [0.15, 0.2) is 5.78 Å². The molecule has 4 atom stereocenters. The molecule has 0 aromatic heterocycles. The molecule has 1 saturated carbocycles. The molecule has 2 aliphatic carbocycles. The molecule has 150 valence electrons. The number of fused-ring (bicyclic) bond motifs is 5. The number of Topliss-reactive ketones (excluding diaryl/α,β-unsaturated/α-hetero) is 1. The van der Waals surface area contributed by atoms with Crippen molar-refractivity contribution >= 4 is 34.9 Å². The molecule has 6 heteroatoms. The van der Waals surface area contributed by atoms with Crippen molar-refractivity contribution in [3.63, 3.8) is 0 Å². The highest BCUT2D eigenvalue weighted by Crippen LogP contribution is 2.53. The van der Waals surface area contributed by atoms with Gasteiger partial charge in [0, 0.05) is 16.8 Å². The van der Waals surface area contributed by atoms with Gasteiger partial charge < -0.3 is 5.32 Å². The van der Waals surface area contributed by atoms with E-state index in [1.165, 1.54) is 11.8 Å². The van der Waals surface area contributed by atoms with Crippen LogP contribution in [0.25, 0.3) is 0 Å². The van der Waals surface area contributed by atoms with Crippen LogP contribution in [0.4, 0.5) is 11.4 Å². The van der Waals surface area contributed by atoms with Crippen molar-refractivity contribution in [1.82, 2.24) is 0 Å². The number of imide groups is 1. The minimum absolute atomic E-state index is 0.0798. The van der Waals surface area contributed by atoms with Gasteiger partial charge in [0.1, 0.15) is 0 Å². The second-order valence-corrected chi connectivity index (χ2v) is 8.15. The number of amides is 3. The van der Waals surface area contributed by atoms with Crippen molar-refractivity contribution in [2.24, 2.45) is 23.7 Å². The summed E-state index contributed by atoms with van der Waals surface area (Å²) in [7, 11) is 0. The molecule has 0 spiro atoms. The standard InChI is InChI=1S/C24H20N2O4/c1-13(27)15-3-2-4-18(12-15)25-22(28)14-7-9-19(10-8-14)26-23(29)20-16-5-6-17(11-16)21(20)24(26)30/h2-10,12,16-17,20-21H,11H2,1H3,(H,25,28)/t16-,17-,20-,21-/m0/s1. The van der Waals surface area contributed by atoms with Gasteiger partial charge in [-0.25, -0.2) is 0 Å². The number of rotatable bonds is 4. The van der Waals surface area contributed by atoms with E-state index in [-0.39, 0.29) is 47.2 Å². The highest BCUT2D eigenvalue weighted by Gasteiger charge is 2.59. The fourth-order valence-electron chi connectivity index (χ4n) is 4.94. The van der Waals surface area contributed by atoms with E-state index in [4.69, 9.17) is 0 Å². The highest BCUT2D eigenvalue weighted by molar-refractivity contribution is 6.23. The average Bonchev–Trinajstić information content (AvgIpc) is 3.42. The van der Waals surface area contributed by atoms with Crippen LogP contribution in [0.3, 0.4) is 0 Å². The molecule has 1 N–H and O–H groups in total.